The zero-order valence-electron chi connectivity index (χ0n) is 12.4. The predicted octanol–water partition coefficient (Wildman–Crippen LogP) is 2.85. The maximum atomic E-state index is 12.8. The Morgan fingerprint density at radius 2 is 2.00 bits per heavy atom. The lowest BCUT2D eigenvalue weighted by atomic mass is 9.79. The monoisotopic (exact) mass is 310 g/mol. The van der Waals surface area contributed by atoms with Gasteiger partial charge in [0.25, 0.3) is 5.69 Å². The van der Waals surface area contributed by atoms with E-state index in [1.54, 1.807) is 18.2 Å². The second kappa shape index (κ2) is 6.66. The molecule has 5 nitrogen and oxygen atoms in total. The summed E-state index contributed by atoms with van der Waals surface area (Å²) < 4.78 is 12.8. The Balaban J connectivity index is 2.28. The number of para-hydroxylation sites is 1. The van der Waals surface area contributed by atoms with Crippen LogP contribution in [0.4, 0.5) is 5.69 Å². The number of benzene rings is 1. The smallest absolute Gasteiger partial charge is 0.285 e. The lowest BCUT2D eigenvalue weighted by molar-refractivity contribution is -0.387. The summed E-state index contributed by atoms with van der Waals surface area (Å²) in [5.74, 6) is 1.00. The Morgan fingerprint density at radius 1 is 1.33 bits per heavy atom. The average Bonchev–Trinajstić information content (AvgIpc) is 2.46. The number of nitrogens with two attached hydrogens (primary N) is 1. The van der Waals surface area contributed by atoms with Crippen molar-refractivity contribution >= 4 is 16.5 Å². The Hall–Kier alpha value is -1.27. The molecule has 6 heteroatoms. The number of nitro benzene ring substituents is 1. The first kappa shape index (κ1) is 16.1. The first-order valence-corrected chi connectivity index (χ1v) is 8.52. The summed E-state index contributed by atoms with van der Waals surface area (Å²) in [6.07, 6.45) is 2.65. The summed E-state index contributed by atoms with van der Waals surface area (Å²) in [5, 5.41) is 10.9. The molecule has 0 spiro atoms. The fraction of sp³-hybridized carbons (Fsp3) is 0.600. The topological polar surface area (TPSA) is 86.2 Å². The van der Waals surface area contributed by atoms with Crippen molar-refractivity contribution in [1.29, 1.82) is 0 Å². The van der Waals surface area contributed by atoms with Crippen molar-refractivity contribution in [3.8, 4) is 0 Å². The van der Waals surface area contributed by atoms with Gasteiger partial charge in [0.1, 0.15) is 4.90 Å². The van der Waals surface area contributed by atoms with Crippen molar-refractivity contribution < 1.29 is 9.13 Å². The van der Waals surface area contributed by atoms with Crippen LogP contribution in [0.3, 0.4) is 0 Å². The van der Waals surface area contributed by atoms with Crippen LogP contribution in [0.1, 0.15) is 33.1 Å². The van der Waals surface area contributed by atoms with Gasteiger partial charge < -0.3 is 5.73 Å². The molecule has 116 valence electrons. The zero-order valence-corrected chi connectivity index (χ0v) is 13.2. The molecule has 1 fully saturated rings. The molecule has 1 aliphatic rings. The SMILES string of the molecule is CC(C)C1CCC(N)C(S(=O)c2ccccc2[N+](=O)[O-])C1. The van der Waals surface area contributed by atoms with Crippen LogP contribution in [-0.4, -0.2) is 20.4 Å². The quantitative estimate of drug-likeness (QED) is 0.684. The molecule has 0 bridgehead atoms. The van der Waals surface area contributed by atoms with Gasteiger partial charge in [0.2, 0.25) is 0 Å². The summed E-state index contributed by atoms with van der Waals surface area (Å²) >= 11 is 0. The molecule has 2 rings (SSSR count). The minimum atomic E-state index is -1.44. The van der Waals surface area contributed by atoms with Crippen molar-refractivity contribution in [3.63, 3.8) is 0 Å². The van der Waals surface area contributed by atoms with Crippen LogP contribution in [0.2, 0.25) is 0 Å². The fourth-order valence-electron chi connectivity index (χ4n) is 2.98. The number of rotatable bonds is 4. The number of hydrogen-bond acceptors (Lipinski definition) is 4. The van der Waals surface area contributed by atoms with E-state index < -0.39 is 15.7 Å². The van der Waals surface area contributed by atoms with E-state index in [0.29, 0.717) is 16.7 Å². The van der Waals surface area contributed by atoms with E-state index in [1.807, 2.05) is 0 Å². The van der Waals surface area contributed by atoms with Crippen LogP contribution in [0.25, 0.3) is 0 Å². The molecule has 0 aromatic heterocycles. The third-order valence-corrected chi connectivity index (χ3v) is 6.25. The molecule has 21 heavy (non-hydrogen) atoms. The highest BCUT2D eigenvalue weighted by Crippen LogP contribution is 2.35. The molecule has 0 radical (unpaired) electrons. The first-order chi connectivity index (χ1) is 9.91. The van der Waals surface area contributed by atoms with Gasteiger partial charge in [-0.25, -0.2) is 0 Å². The van der Waals surface area contributed by atoms with E-state index in [9.17, 15) is 14.3 Å². The van der Waals surface area contributed by atoms with Gasteiger partial charge in [0.05, 0.1) is 21.0 Å². The highest BCUT2D eigenvalue weighted by molar-refractivity contribution is 7.86. The van der Waals surface area contributed by atoms with E-state index in [2.05, 4.69) is 13.8 Å². The molecule has 2 N–H and O–H groups in total. The summed E-state index contributed by atoms with van der Waals surface area (Å²) in [7, 11) is -1.44. The van der Waals surface area contributed by atoms with Gasteiger partial charge in [0.15, 0.2) is 0 Å². The van der Waals surface area contributed by atoms with Crippen molar-refractivity contribution in [2.24, 2.45) is 17.6 Å². The Kier molecular flexibility index (Phi) is 5.11. The van der Waals surface area contributed by atoms with Crippen LogP contribution in [0, 0.1) is 22.0 Å². The van der Waals surface area contributed by atoms with Crippen molar-refractivity contribution in [2.45, 2.75) is 49.3 Å². The Bertz CT molecular complexity index is 547. The Morgan fingerprint density at radius 3 is 2.62 bits per heavy atom. The van der Waals surface area contributed by atoms with E-state index in [4.69, 9.17) is 5.73 Å². The standard InChI is InChI=1S/C15H22N2O3S/c1-10(2)11-7-8-12(16)15(9-11)21(20)14-6-4-3-5-13(14)17(18)19/h3-6,10-12,15H,7-9,16H2,1-2H3. The highest BCUT2D eigenvalue weighted by atomic mass is 32.2. The van der Waals surface area contributed by atoms with Crippen molar-refractivity contribution in [2.75, 3.05) is 0 Å². The summed E-state index contributed by atoms with van der Waals surface area (Å²) in [4.78, 5) is 10.9. The minimum absolute atomic E-state index is 0.0743. The molecule has 4 unspecified atom stereocenters. The molecule has 4 atom stereocenters. The zero-order chi connectivity index (χ0) is 15.6. The van der Waals surface area contributed by atoms with E-state index >= 15 is 0 Å². The fourth-order valence-corrected chi connectivity index (χ4v) is 4.74. The van der Waals surface area contributed by atoms with Crippen LogP contribution >= 0.6 is 0 Å². The molecular formula is C15H22N2O3S. The maximum absolute atomic E-state index is 12.8. The second-order valence-electron chi connectivity index (χ2n) is 6.04. The minimum Gasteiger partial charge on any atom is -0.327 e. The third kappa shape index (κ3) is 3.49. The maximum Gasteiger partial charge on any atom is 0.285 e. The van der Waals surface area contributed by atoms with Gasteiger partial charge in [-0.1, -0.05) is 26.0 Å². The van der Waals surface area contributed by atoms with E-state index in [-0.39, 0.29) is 17.0 Å². The molecule has 1 saturated carbocycles. The molecule has 1 aliphatic carbocycles. The van der Waals surface area contributed by atoms with Gasteiger partial charge in [-0.2, -0.15) is 0 Å². The summed E-state index contributed by atoms with van der Waals surface area (Å²) in [5.41, 5.74) is 6.07. The average molecular weight is 310 g/mol. The van der Waals surface area contributed by atoms with E-state index in [0.717, 1.165) is 19.3 Å². The van der Waals surface area contributed by atoms with Crippen LogP contribution < -0.4 is 5.73 Å². The third-order valence-electron chi connectivity index (χ3n) is 4.38. The lowest BCUT2D eigenvalue weighted by Crippen LogP contribution is -2.43. The summed E-state index contributed by atoms with van der Waals surface area (Å²) in [6, 6.07) is 6.12. The van der Waals surface area contributed by atoms with Gasteiger partial charge in [-0.15, -0.1) is 0 Å². The normalized spacial score (nSPS) is 27.5. The first-order valence-electron chi connectivity index (χ1n) is 7.31. The molecule has 0 amide bonds. The summed E-state index contributed by atoms with van der Waals surface area (Å²) in [6.45, 7) is 4.32. The Labute approximate surface area is 127 Å². The number of nitrogens with zero attached hydrogens (tertiary/aromatic N) is 1. The molecule has 0 heterocycles. The lowest BCUT2D eigenvalue weighted by Gasteiger charge is -2.35. The van der Waals surface area contributed by atoms with E-state index in [1.165, 1.54) is 6.07 Å². The predicted molar refractivity (Wildman–Crippen MR) is 83.4 cm³/mol. The van der Waals surface area contributed by atoms with Gasteiger partial charge in [-0.3, -0.25) is 14.3 Å². The molecule has 0 aliphatic heterocycles. The second-order valence-corrected chi connectivity index (χ2v) is 7.68. The highest BCUT2D eigenvalue weighted by Gasteiger charge is 2.36. The number of hydrogen-bond donors (Lipinski definition) is 1. The molecule has 0 saturated heterocycles. The number of nitro groups is 1. The van der Waals surface area contributed by atoms with Gasteiger partial charge in [0, 0.05) is 12.1 Å². The molecular weight excluding hydrogens is 288 g/mol. The van der Waals surface area contributed by atoms with Crippen LogP contribution in [0.15, 0.2) is 29.2 Å². The van der Waals surface area contributed by atoms with Gasteiger partial charge in [-0.05, 0) is 37.2 Å². The van der Waals surface area contributed by atoms with Crippen molar-refractivity contribution in [3.05, 3.63) is 34.4 Å². The van der Waals surface area contributed by atoms with Crippen LogP contribution in [0.5, 0.6) is 0 Å². The van der Waals surface area contributed by atoms with Gasteiger partial charge >= 0.3 is 0 Å². The largest absolute Gasteiger partial charge is 0.327 e. The van der Waals surface area contributed by atoms with Crippen molar-refractivity contribution in [1.82, 2.24) is 0 Å². The molecule has 1 aromatic carbocycles. The van der Waals surface area contributed by atoms with Crippen LogP contribution in [-0.2, 0) is 10.8 Å². The molecule has 1 aromatic rings.